The first-order chi connectivity index (χ1) is 24.1. The molecule has 0 N–H and O–H groups in total. The molecule has 0 aliphatic carbocycles. The topological polar surface area (TPSA) is 93.3 Å². The molecule has 0 radical (unpaired) electrons. The maximum atomic E-state index is 6.11. The summed E-state index contributed by atoms with van der Waals surface area (Å²) in [4.78, 5) is 4.60. The van der Waals surface area contributed by atoms with Crippen molar-refractivity contribution in [3.63, 3.8) is 0 Å². The van der Waals surface area contributed by atoms with Gasteiger partial charge in [-0.15, -0.1) is 0 Å². The molecule has 9 heteroatoms. The minimum Gasteiger partial charge on any atom is -0.491 e. The first-order valence-electron chi connectivity index (χ1n) is 16.5. The molecule has 0 bridgehead atoms. The molecule has 2 fully saturated rings. The lowest BCUT2D eigenvalue weighted by Crippen LogP contribution is -2.10. The zero-order valence-electron chi connectivity index (χ0n) is 27.4. The van der Waals surface area contributed by atoms with Gasteiger partial charge in [0.2, 0.25) is 11.8 Å². The second-order valence-electron chi connectivity index (χ2n) is 11.9. The van der Waals surface area contributed by atoms with Gasteiger partial charge in [-0.05, 0) is 83.3 Å². The fourth-order valence-corrected chi connectivity index (χ4v) is 5.06. The fourth-order valence-electron chi connectivity index (χ4n) is 5.06. The Bertz CT molecular complexity index is 1640. The van der Waals surface area contributed by atoms with Crippen molar-refractivity contribution in [3.8, 4) is 57.0 Å². The number of nitrogens with zero attached hydrogens (tertiary/aromatic N) is 1. The Hall–Kier alpha value is -4.93. The number of rotatable bonds is 18. The molecule has 0 amide bonds. The molecule has 5 aromatic rings. The predicted molar refractivity (Wildman–Crippen MR) is 185 cm³/mol. The normalized spacial score (nSPS) is 16.2. The van der Waals surface area contributed by atoms with E-state index >= 15 is 0 Å². The van der Waals surface area contributed by atoms with E-state index in [9.17, 15) is 0 Å². The molecule has 3 heterocycles. The zero-order chi connectivity index (χ0) is 33.3. The molecular formula is C40H39NO8. The Morgan fingerprint density at radius 2 is 0.857 bits per heavy atom. The van der Waals surface area contributed by atoms with Crippen molar-refractivity contribution in [2.75, 3.05) is 52.9 Å². The third-order valence-corrected chi connectivity index (χ3v) is 7.86. The summed E-state index contributed by atoms with van der Waals surface area (Å²) in [6.45, 7) is 6.95. The van der Waals surface area contributed by atoms with E-state index in [-0.39, 0.29) is 12.2 Å². The highest BCUT2D eigenvalue weighted by Crippen LogP contribution is 2.31. The Labute approximate surface area is 286 Å². The van der Waals surface area contributed by atoms with E-state index in [0.29, 0.717) is 62.9 Å². The second-order valence-corrected chi connectivity index (χ2v) is 11.9. The first kappa shape index (κ1) is 32.6. The van der Waals surface area contributed by atoms with Gasteiger partial charge in [-0.25, -0.2) is 0 Å². The summed E-state index contributed by atoms with van der Waals surface area (Å²) in [7, 11) is 0. The molecule has 2 saturated heterocycles. The van der Waals surface area contributed by atoms with Crippen LogP contribution in [0.4, 0.5) is 0 Å². The summed E-state index contributed by atoms with van der Waals surface area (Å²) in [5, 5.41) is 0. The number of hydrogen-bond acceptors (Lipinski definition) is 9. The molecule has 0 saturated carbocycles. The summed E-state index contributed by atoms with van der Waals surface area (Å²) in [6, 6.07) is 35.6. The number of epoxide rings is 2. The Morgan fingerprint density at radius 1 is 0.510 bits per heavy atom. The number of aryl methyl sites for hydroxylation is 1. The van der Waals surface area contributed by atoms with E-state index in [2.05, 4.69) is 4.98 Å². The molecule has 0 spiro atoms. The standard InChI is InChI=1S/C40H39NO8/c1-28-22-39(48-35-14-6-31(7-15-35)29-2-10-33(11-3-29)44-20-18-42-24-37-26-46-37)41-40(23-28)49-36-16-8-32(9-17-36)30-4-12-34(13-5-30)45-21-19-43-25-38-27-47-38/h2-17,22-23,37-38H,18-21,24-27H2,1H3. The lowest BCUT2D eigenvalue weighted by Gasteiger charge is -2.11. The lowest BCUT2D eigenvalue weighted by atomic mass is 10.1. The van der Waals surface area contributed by atoms with E-state index in [4.69, 9.17) is 37.9 Å². The van der Waals surface area contributed by atoms with Crippen molar-refractivity contribution in [3.05, 3.63) is 115 Å². The largest absolute Gasteiger partial charge is 0.491 e. The monoisotopic (exact) mass is 661 g/mol. The van der Waals surface area contributed by atoms with Crippen LogP contribution in [0.5, 0.6) is 34.8 Å². The molecule has 252 valence electrons. The van der Waals surface area contributed by atoms with E-state index in [0.717, 1.165) is 52.5 Å². The molecule has 7 rings (SSSR count). The summed E-state index contributed by atoms with van der Waals surface area (Å²) < 4.78 is 45.1. The number of ether oxygens (including phenoxy) is 8. The van der Waals surface area contributed by atoms with E-state index in [1.807, 2.05) is 116 Å². The molecule has 2 unspecified atom stereocenters. The highest BCUT2D eigenvalue weighted by molar-refractivity contribution is 5.66. The van der Waals surface area contributed by atoms with Gasteiger partial charge in [-0.2, -0.15) is 4.98 Å². The SMILES string of the molecule is Cc1cc(Oc2ccc(-c3ccc(OCCOCC4CO4)cc3)cc2)nc(Oc2ccc(-c3ccc(OCCOCC4CO4)cc3)cc2)c1. The van der Waals surface area contributed by atoms with Gasteiger partial charge in [0.1, 0.15) is 48.4 Å². The van der Waals surface area contributed by atoms with Crippen LogP contribution in [0.3, 0.4) is 0 Å². The average Bonchev–Trinajstić information content (AvgIpc) is 4.06. The molecule has 9 nitrogen and oxygen atoms in total. The molecule has 4 aromatic carbocycles. The van der Waals surface area contributed by atoms with Crippen molar-refractivity contribution in [1.29, 1.82) is 0 Å². The summed E-state index contributed by atoms with van der Waals surface area (Å²) >= 11 is 0. The van der Waals surface area contributed by atoms with Crippen molar-refractivity contribution >= 4 is 0 Å². The molecular weight excluding hydrogens is 622 g/mol. The van der Waals surface area contributed by atoms with Crippen LogP contribution < -0.4 is 18.9 Å². The summed E-state index contributed by atoms with van der Waals surface area (Å²) in [5.74, 6) is 3.90. The van der Waals surface area contributed by atoms with Gasteiger partial charge in [-0.3, -0.25) is 0 Å². The van der Waals surface area contributed by atoms with Gasteiger partial charge >= 0.3 is 0 Å². The van der Waals surface area contributed by atoms with Gasteiger partial charge in [0.05, 0.1) is 39.6 Å². The average molecular weight is 662 g/mol. The van der Waals surface area contributed by atoms with Crippen molar-refractivity contribution < 1.29 is 37.9 Å². The van der Waals surface area contributed by atoms with Crippen LogP contribution in [0.1, 0.15) is 5.56 Å². The number of hydrogen-bond donors (Lipinski definition) is 0. The highest BCUT2D eigenvalue weighted by atomic mass is 16.6. The third-order valence-electron chi connectivity index (χ3n) is 7.86. The Kier molecular flexibility index (Phi) is 10.6. The van der Waals surface area contributed by atoms with E-state index < -0.39 is 0 Å². The third kappa shape index (κ3) is 10.0. The first-order valence-corrected chi connectivity index (χ1v) is 16.5. The zero-order valence-corrected chi connectivity index (χ0v) is 27.4. The smallest absolute Gasteiger partial charge is 0.222 e. The molecule has 2 atom stereocenters. The lowest BCUT2D eigenvalue weighted by molar-refractivity contribution is 0.0878. The summed E-state index contributed by atoms with van der Waals surface area (Å²) in [6.07, 6.45) is 0.541. The van der Waals surface area contributed by atoms with Gasteiger partial charge in [0.15, 0.2) is 0 Å². The number of pyridine rings is 1. The van der Waals surface area contributed by atoms with Crippen LogP contribution in [0.2, 0.25) is 0 Å². The molecule has 2 aliphatic heterocycles. The van der Waals surface area contributed by atoms with Crippen LogP contribution in [-0.4, -0.2) is 70.0 Å². The predicted octanol–water partition coefficient (Wildman–Crippen LogP) is 7.90. The van der Waals surface area contributed by atoms with E-state index in [1.54, 1.807) is 0 Å². The van der Waals surface area contributed by atoms with Crippen LogP contribution in [0.25, 0.3) is 22.3 Å². The van der Waals surface area contributed by atoms with Gasteiger partial charge in [0.25, 0.3) is 0 Å². The minimum atomic E-state index is 0.271. The number of benzene rings is 4. The Balaban J connectivity index is 0.890. The maximum absolute atomic E-state index is 6.11. The van der Waals surface area contributed by atoms with Gasteiger partial charge < -0.3 is 37.9 Å². The fraction of sp³-hybridized carbons (Fsp3) is 0.275. The van der Waals surface area contributed by atoms with Gasteiger partial charge in [-0.1, -0.05) is 48.5 Å². The van der Waals surface area contributed by atoms with Crippen LogP contribution in [-0.2, 0) is 18.9 Å². The minimum absolute atomic E-state index is 0.271. The summed E-state index contributed by atoms with van der Waals surface area (Å²) in [5.41, 5.74) is 5.28. The van der Waals surface area contributed by atoms with Crippen LogP contribution in [0, 0.1) is 6.92 Å². The molecule has 49 heavy (non-hydrogen) atoms. The Morgan fingerprint density at radius 3 is 1.20 bits per heavy atom. The van der Waals surface area contributed by atoms with Crippen LogP contribution in [0.15, 0.2) is 109 Å². The molecule has 1 aromatic heterocycles. The van der Waals surface area contributed by atoms with Crippen molar-refractivity contribution in [1.82, 2.24) is 4.98 Å². The number of aromatic nitrogens is 1. The highest BCUT2D eigenvalue weighted by Gasteiger charge is 2.22. The second kappa shape index (κ2) is 16.0. The van der Waals surface area contributed by atoms with Crippen molar-refractivity contribution in [2.24, 2.45) is 0 Å². The van der Waals surface area contributed by atoms with E-state index in [1.165, 1.54) is 0 Å². The van der Waals surface area contributed by atoms with Crippen LogP contribution >= 0.6 is 0 Å². The quantitative estimate of drug-likeness (QED) is 0.0686. The maximum Gasteiger partial charge on any atom is 0.222 e. The van der Waals surface area contributed by atoms with Crippen molar-refractivity contribution in [2.45, 2.75) is 19.1 Å². The molecule has 2 aliphatic rings. The van der Waals surface area contributed by atoms with Gasteiger partial charge in [0, 0.05) is 12.1 Å².